The number of amides is 2. The Hall–Kier alpha value is -4.15. The molecule has 11 heteroatoms. The van der Waals surface area contributed by atoms with Crippen LogP contribution in [0, 0.1) is 24.0 Å². The predicted molar refractivity (Wildman–Crippen MR) is 109 cm³/mol. The molecule has 1 aliphatic heterocycles. The first-order valence-electron chi connectivity index (χ1n) is 9.57. The minimum Gasteiger partial charge on any atom is -0.457 e. The number of hydrogen-bond acceptors (Lipinski definition) is 8. The number of rotatable bonds is 8. The maximum Gasteiger partial charge on any atom is 0.308 e. The van der Waals surface area contributed by atoms with Gasteiger partial charge in [-0.25, -0.2) is 0 Å². The summed E-state index contributed by atoms with van der Waals surface area (Å²) in [5.74, 6) is -3.18. The van der Waals surface area contributed by atoms with Crippen molar-refractivity contribution in [2.45, 2.75) is 27.2 Å². The molecular formula is C21H19N3O8. The predicted octanol–water partition coefficient (Wildman–Crippen LogP) is 2.15. The van der Waals surface area contributed by atoms with Crippen molar-refractivity contribution < 1.29 is 33.6 Å². The Balaban J connectivity index is 1.61. The van der Waals surface area contributed by atoms with Crippen molar-refractivity contribution in [1.82, 2.24) is 9.88 Å². The minimum atomic E-state index is -0.865. The van der Waals surface area contributed by atoms with Crippen LogP contribution in [0.2, 0.25) is 0 Å². The van der Waals surface area contributed by atoms with Gasteiger partial charge in [-0.05, 0) is 32.4 Å². The quantitative estimate of drug-likeness (QED) is 0.215. The molecule has 166 valence electrons. The number of H-pyrrole nitrogens is 1. The van der Waals surface area contributed by atoms with Crippen molar-refractivity contribution in [2.24, 2.45) is 0 Å². The topological polar surface area (TPSA) is 157 Å². The van der Waals surface area contributed by atoms with Crippen LogP contribution >= 0.6 is 0 Å². The van der Waals surface area contributed by atoms with Crippen LogP contribution in [0.4, 0.5) is 5.69 Å². The van der Waals surface area contributed by atoms with Gasteiger partial charge < -0.3 is 9.72 Å². The molecule has 0 aliphatic carbocycles. The summed E-state index contributed by atoms with van der Waals surface area (Å²) in [5.41, 5.74) is 0.648. The minimum absolute atomic E-state index is 0.105. The number of nitrogens with one attached hydrogen (secondary N) is 1. The van der Waals surface area contributed by atoms with Gasteiger partial charge in [-0.1, -0.05) is 6.07 Å². The van der Waals surface area contributed by atoms with Gasteiger partial charge in [0.1, 0.15) is 5.56 Å². The molecule has 0 saturated carbocycles. The molecule has 0 atom stereocenters. The Bertz CT molecular complexity index is 1190. The van der Waals surface area contributed by atoms with E-state index in [0.29, 0.717) is 16.8 Å². The Morgan fingerprint density at radius 2 is 1.84 bits per heavy atom. The first-order valence-corrected chi connectivity index (χ1v) is 9.57. The van der Waals surface area contributed by atoms with Crippen LogP contribution in [0.15, 0.2) is 18.2 Å². The van der Waals surface area contributed by atoms with Crippen LogP contribution in [-0.2, 0) is 9.53 Å². The summed E-state index contributed by atoms with van der Waals surface area (Å²) in [6.45, 7) is 3.69. The van der Waals surface area contributed by atoms with E-state index in [-0.39, 0.29) is 29.1 Å². The second-order valence-corrected chi connectivity index (χ2v) is 7.23. The van der Waals surface area contributed by atoms with Gasteiger partial charge in [-0.3, -0.25) is 39.0 Å². The Labute approximate surface area is 181 Å². The first kappa shape index (κ1) is 22.5. The highest BCUT2D eigenvalue weighted by Gasteiger charge is 2.40. The number of benzene rings is 1. The molecule has 0 radical (unpaired) electrons. The molecule has 2 amide bonds. The number of carbonyl (C=O) groups excluding carboxylic acids is 5. The van der Waals surface area contributed by atoms with Crippen LogP contribution in [0.3, 0.4) is 0 Å². The van der Waals surface area contributed by atoms with Gasteiger partial charge in [0, 0.05) is 23.9 Å². The van der Waals surface area contributed by atoms with E-state index in [1.54, 1.807) is 13.8 Å². The smallest absolute Gasteiger partial charge is 0.308 e. The molecule has 1 N–H and O–H groups in total. The van der Waals surface area contributed by atoms with Gasteiger partial charge in [0.25, 0.3) is 17.5 Å². The third-order valence-electron chi connectivity index (χ3n) is 5.15. The lowest BCUT2D eigenvalue weighted by Gasteiger charge is -2.13. The summed E-state index contributed by atoms with van der Waals surface area (Å²) in [6.07, 6.45) is -0.395. The maximum atomic E-state index is 12.5. The normalized spacial score (nSPS) is 12.7. The number of nitro groups is 1. The van der Waals surface area contributed by atoms with Crippen molar-refractivity contribution >= 4 is 35.0 Å². The largest absolute Gasteiger partial charge is 0.457 e. The highest BCUT2D eigenvalue weighted by Crippen LogP contribution is 2.30. The number of ketones is 2. The lowest BCUT2D eigenvalue weighted by atomic mass is 10.1. The number of nitrogens with zero attached hydrogens (tertiary/aromatic N) is 2. The van der Waals surface area contributed by atoms with Crippen molar-refractivity contribution in [3.63, 3.8) is 0 Å². The van der Waals surface area contributed by atoms with Gasteiger partial charge in [-0.15, -0.1) is 0 Å². The van der Waals surface area contributed by atoms with Crippen LogP contribution in [0.25, 0.3) is 0 Å². The Morgan fingerprint density at radius 3 is 2.44 bits per heavy atom. The summed E-state index contributed by atoms with van der Waals surface area (Å²) in [6, 6.07) is 3.72. The molecule has 2 heterocycles. The third kappa shape index (κ3) is 3.92. The van der Waals surface area contributed by atoms with Crippen molar-refractivity contribution in [1.29, 1.82) is 0 Å². The molecule has 0 bridgehead atoms. The zero-order valence-electron chi connectivity index (χ0n) is 17.5. The number of imide groups is 1. The molecule has 11 nitrogen and oxygen atoms in total. The van der Waals surface area contributed by atoms with E-state index in [2.05, 4.69) is 4.98 Å². The highest BCUT2D eigenvalue weighted by molar-refractivity contribution is 6.23. The van der Waals surface area contributed by atoms with Gasteiger partial charge >= 0.3 is 5.97 Å². The summed E-state index contributed by atoms with van der Waals surface area (Å²) in [7, 11) is 0. The van der Waals surface area contributed by atoms with Gasteiger partial charge in [0.15, 0.2) is 12.4 Å². The molecule has 32 heavy (non-hydrogen) atoms. The number of carbonyl (C=O) groups is 5. The molecule has 2 aromatic rings. The lowest BCUT2D eigenvalue weighted by Crippen LogP contribution is -2.32. The second kappa shape index (κ2) is 8.53. The van der Waals surface area contributed by atoms with E-state index in [0.717, 1.165) is 11.0 Å². The number of hydrogen-bond donors (Lipinski definition) is 1. The Kier molecular flexibility index (Phi) is 6.01. The van der Waals surface area contributed by atoms with Crippen LogP contribution in [-0.4, -0.2) is 57.3 Å². The van der Waals surface area contributed by atoms with Gasteiger partial charge in [0.2, 0.25) is 5.78 Å². The molecule has 1 aromatic heterocycles. The number of aromatic amines is 1. The number of aryl methyl sites for hydroxylation is 1. The highest BCUT2D eigenvalue weighted by atomic mass is 16.6. The average molecular weight is 441 g/mol. The van der Waals surface area contributed by atoms with Crippen LogP contribution in [0.1, 0.15) is 66.2 Å². The molecule has 0 fully saturated rings. The molecule has 0 spiro atoms. The Morgan fingerprint density at radius 1 is 1.16 bits per heavy atom. The lowest BCUT2D eigenvalue weighted by molar-refractivity contribution is -0.385. The van der Waals surface area contributed by atoms with E-state index >= 15 is 0 Å². The van der Waals surface area contributed by atoms with E-state index in [1.165, 1.54) is 19.1 Å². The van der Waals surface area contributed by atoms with Crippen molar-refractivity contribution in [3.8, 4) is 0 Å². The van der Waals surface area contributed by atoms with Crippen LogP contribution in [0.5, 0.6) is 0 Å². The number of ether oxygens (including phenoxy) is 1. The molecule has 1 aliphatic rings. The van der Waals surface area contributed by atoms with Crippen molar-refractivity contribution in [2.75, 3.05) is 13.2 Å². The summed E-state index contributed by atoms with van der Waals surface area (Å²) in [5, 5.41) is 11.1. The van der Waals surface area contributed by atoms with Gasteiger partial charge in [0.05, 0.1) is 22.6 Å². The molecule has 0 saturated heterocycles. The molecule has 3 rings (SSSR count). The fourth-order valence-electron chi connectivity index (χ4n) is 3.72. The zero-order valence-corrected chi connectivity index (χ0v) is 17.5. The second-order valence-electron chi connectivity index (χ2n) is 7.23. The fraction of sp³-hybridized carbons (Fsp3) is 0.286. The number of aromatic nitrogens is 1. The SMILES string of the molecule is CC(=O)c1c(C)[nH]c(C(=O)COC(=O)CCN2C(=O)c3cccc([N+](=O)[O-])c3C2=O)c1C. The maximum absolute atomic E-state index is 12.5. The number of fused-ring (bicyclic) bond motifs is 1. The van der Waals surface area contributed by atoms with E-state index in [4.69, 9.17) is 4.74 Å². The molecule has 1 aromatic carbocycles. The standard InChI is InChI=1S/C21H19N3O8/c1-10-17(12(3)25)11(2)22-19(10)15(26)9-32-16(27)7-8-23-20(28)13-5-4-6-14(24(30)31)18(13)21(23)29/h4-6,22H,7-9H2,1-3H3. The van der Waals surface area contributed by atoms with E-state index < -0.39 is 47.2 Å². The number of Topliss-reactive ketones (excluding diaryl/α,β-unsaturated/α-hetero) is 2. The average Bonchev–Trinajstić information content (AvgIpc) is 3.17. The summed E-state index contributed by atoms with van der Waals surface area (Å²) >= 11 is 0. The van der Waals surface area contributed by atoms with E-state index in [9.17, 15) is 34.1 Å². The monoisotopic (exact) mass is 441 g/mol. The van der Waals surface area contributed by atoms with Crippen LogP contribution < -0.4 is 0 Å². The third-order valence-corrected chi connectivity index (χ3v) is 5.15. The summed E-state index contributed by atoms with van der Waals surface area (Å²) in [4.78, 5) is 74.9. The fourth-order valence-corrected chi connectivity index (χ4v) is 3.72. The molecular weight excluding hydrogens is 422 g/mol. The summed E-state index contributed by atoms with van der Waals surface area (Å²) < 4.78 is 4.94. The first-order chi connectivity index (χ1) is 15.0. The van der Waals surface area contributed by atoms with Gasteiger partial charge in [-0.2, -0.15) is 0 Å². The zero-order chi connectivity index (χ0) is 23.7. The van der Waals surface area contributed by atoms with Crippen molar-refractivity contribution in [3.05, 3.63) is 62.0 Å². The molecule has 0 unspecified atom stereocenters. The number of esters is 1. The van der Waals surface area contributed by atoms with E-state index in [1.807, 2.05) is 0 Å². The number of nitro benzene ring substituents is 1.